The molecule has 1 unspecified atom stereocenters. The van der Waals surface area contributed by atoms with Crippen molar-refractivity contribution in [2.75, 3.05) is 20.3 Å². The van der Waals surface area contributed by atoms with Gasteiger partial charge in [0.15, 0.2) is 0 Å². The van der Waals surface area contributed by atoms with E-state index in [0.717, 1.165) is 18.7 Å². The molecule has 0 saturated carbocycles. The zero-order valence-corrected chi connectivity index (χ0v) is 9.17. The van der Waals surface area contributed by atoms with Crippen molar-refractivity contribution in [3.63, 3.8) is 0 Å². The lowest BCUT2D eigenvalue weighted by Crippen LogP contribution is -2.26. The van der Waals surface area contributed by atoms with Crippen molar-refractivity contribution < 1.29 is 9.15 Å². The quantitative estimate of drug-likeness (QED) is 0.759. The summed E-state index contributed by atoms with van der Waals surface area (Å²) in [6, 6.07) is 2.15. The van der Waals surface area contributed by atoms with E-state index in [-0.39, 0.29) is 6.04 Å². The molecule has 14 heavy (non-hydrogen) atoms. The first-order chi connectivity index (χ1) is 6.79. The third-order valence-corrected chi connectivity index (χ3v) is 2.19. The second-order valence-electron chi connectivity index (χ2n) is 3.43. The Balaban J connectivity index is 2.62. The van der Waals surface area contributed by atoms with Crippen LogP contribution >= 0.6 is 0 Å². The van der Waals surface area contributed by atoms with Gasteiger partial charge in [-0.3, -0.25) is 0 Å². The van der Waals surface area contributed by atoms with Gasteiger partial charge in [0.2, 0.25) is 0 Å². The highest BCUT2D eigenvalue weighted by atomic mass is 16.5. The molecule has 0 radical (unpaired) electrons. The summed E-state index contributed by atoms with van der Waals surface area (Å²) in [7, 11) is 1.71. The smallest absolute Gasteiger partial charge is 0.125 e. The van der Waals surface area contributed by atoms with Gasteiger partial charge in [0.1, 0.15) is 5.76 Å². The van der Waals surface area contributed by atoms with Crippen LogP contribution in [0.1, 0.15) is 30.7 Å². The van der Waals surface area contributed by atoms with Crippen LogP contribution < -0.4 is 5.32 Å². The van der Waals surface area contributed by atoms with E-state index in [9.17, 15) is 0 Å². The van der Waals surface area contributed by atoms with E-state index >= 15 is 0 Å². The summed E-state index contributed by atoms with van der Waals surface area (Å²) in [6.07, 6.45) is 2.83. The summed E-state index contributed by atoms with van der Waals surface area (Å²) in [5.41, 5.74) is 1.18. The van der Waals surface area contributed by atoms with Crippen LogP contribution in [-0.4, -0.2) is 20.3 Å². The largest absolute Gasteiger partial charge is 0.467 e. The fourth-order valence-corrected chi connectivity index (χ4v) is 1.45. The molecule has 1 N–H and O–H groups in total. The summed E-state index contributed by atoms with van der Waals surface area (Å²) < 4.78 is 10.6. The Hall–Kier alpha value is -0.800. The molecule has 1 rings (SSSR count). The Morgan fingerprint density at radius 3 is 2.86 bits per heavy atom. The van der Waals surface area contributed by atoms with Gasteiger partial charge in [0.05, 0.1) is 18.9 Å². The molecule has 0 aliphatic heterocycles. The lowest BCUT2D eigenvalue weighted by Gasteiger charge is -2.15. The maximum atomic E-state index is 5.43. The van der Waals surface area contributed by atoms with Gasteiger partial charge in [0, 0.05) is 7.11 Å². The predicted molar refractivity (Wildman–Crippen MR) is 56.4 cm³/mol. The van der Waals surface area contributed by atoms with Gasteiger partial charge in [-0.2, -0.15) is 0 Å². The maximum Gasteiger partial charge on any atom is 0.125 e. The predicted octanol–water partition coefficient (Wildman–Crippen LogP) is 2.28. The fraction of sp³-hybridized carbons (Fsp3) is 0.636. The Morgan fingerprint density at radius 1 is 1.57 bits per heavy atom. The molecule has 0 saturated heterocycles. The van der Waals surface area contributed by atoms with Crippen LogP contribution in [0.4, 0.5) is 0 Å². The molecule has 0 aromatic carbocycles. The second kappa shape index (κ2) is 5.83. The molecule has 1 heterocycles. The highest BCUT2D eigenvalue weighted by Crippen LogP contribution is 2.18. The first-order valence-electron chi connectivity index (χ1n) is 5.06. The Kier molecular flexibility index (Phi) is 4.70. The normalized spacial score (nSPS) is 13.1. The van der Waals surface area contributed by atoms with Crippen LogP contribution in [0.3, 0.4) is 0 Å². The van der Waals surface area contributed by atoms with Crippen LogP contribution in [0.5, 0.6) is 0 Å². The number of ether oxygens (including phenoxy) is 1. The zero-order chi connectivity index (χ0) is 10.4. The third kappa shape index (κ3) is 2.86. The number of aryl methyl sites for hydroxylation is 1. The second-order valence-corrected chi connectivity index (χ2v) is 3.43. The first-order valence-corrected chi connectivity index (χ1v) is 5.06. The van der Waals surface area contributed by atoms with Crippen LogP contribution in [0.25, 0.3) is 0 Å². The van der Waals surface area contributed by atoms with E-state index in [1.54, 1.807) is 13.4 Å². The molecule has 80 valence electrons. The van der Waals surface area contributed by atoms with Crippen LogP contribution in [0.2, 0.25) is 0 Å². The highest BCUT2D eigenvalue weighted by Gasteiger charge is 2.15. The summed E-state index contributed by atoms with van der Waals surface area (Å²) in [6.45, 7) is 5.82. The number of methoxy groups -OCH3 is 1. The van der Waals surface area contributed by atoms with E-state index < -0.39 is 0 Å². The molecule has 0 bridgehead atoms. The molecule has 0 fully saturated rings. The molecule has 0 spiro atoms. The van der Waals surface area contributed by atoms with Crippen LogP contribution in [0, 0.1) is 6.92 Å². The van der Waals surface area contributed by atoms with Crippen molar-refractivity contribution in [1.82, 2.24) is 5.32 Å². The monoisotopic (exact) mass is 197 g/mol. The van der Waals surface area contributed by atoms with Crippen molar-refractivity contribution in [1.29, 1.82) is 0 Å². The number of rotatable bonds is 6. The lowest BCUT2D eigenvalue weighted by atomic mass is 10.1. The standard InChI is InChI=1S/C11H19NO2/c1-4-6-12-10(8-13-3)11-9(2)5-7-14-11/h5,7,10,12H,4,6,8H2,1-3H3. The first kappa shape index (κ1) is 11.3. The minimum absolute atomic E-state index is 0.176. The lowest BCUT2D eigenvalue weighted by molar-refractivity contribution is 0.157. The van der Waals surface area contributed by atoms with Gasteiger partial charge in [-0.1, -0.05) is 6.92 Å². The molecule has 1 aromatic rings. The molecule has 0 amide bonds. The van der Waals surface area contributed by atoms with E-state index in [4.69, 9.17) is 9.15 Å². The Bertz CT molecular complexity index is 258. The highest BCUT2D eigenvalue weighted by molar-refractivity contribution is 5.18. The van der Waals surface area contributed by atoms with Crippen molar-refractivity contribution in [2.45, 2.75) is 26.3 Å². The van der Waals surface area contributed by atoms with Crippen molar-refractivity contribution >= 4 is 0 Å². The molecular formula is C11H19NO2. The minimum Gasteiger partial charge on any atom is -0.467 e. The Morgan fingerprint density at radius 2 is 2.36 bits per heavy atom. The van der Waals surface area contributed by atoms with Crippen molar-refractivity contribution in [2.24, 2.45) is 0 Å². The van der Waals surface area contributed by atoms with E-state index in [1.807, 2.05) is 6.07 Å². The van der Waals surface area contributed by atoms with Gasteiger partial charge in [-0.15, -0.1) is 0 Å². The van der Waals surface area contributed by atoms with Gasteiger partial charge in [0.25, 0.3) is 0 Å². The summed E-state index contributed by atoms with van der Waals surface area (Å²) in [5, 5.41) is 3.39. The maximum absolute atomic E-state index is 5.43. The molecule has 1 atom stereocenters. The molecule has 3 nitrogen and oxygen atoms in total. The zero-order valence-electron chi connectivity index (χ0n) is 9.17. The topological polar surface area (TPSA) is 34.4 Å². The molecule has 0 aliphatic carbocycles. The minimum atomic E-state index is 0.176. The number of furan rings is 1. The average Bonchev–Trinajstić information content (AvgIpc) is 2.59. The Labute approximate surface area is 85.4 Å². The van der Waals surface area contributed by atoms with E-state index in [1.165, 1.54) is 5.56 Å². The van der Waals surface area contributed by atoms with Crippen molar-refractivity contribution in [3.05, 3.63) is 23.7 Å². The number of hydrogen-bond donors (Lipinski definition) is 1. The van der Waals surface area contributed by atoms with Crippen LogP contribution in [-0.2, 0) is 4.74 Å². The van der Waals surface area contributed by atoms with Gasteiger partial charge in [-0.05, 0) is 31.5 Å². The summed E-state index contributed by atoms with van der Waals surface area (Å²) in [4.78, 5) is 0. The molecule has 1 aromatic heterocycles. The number of nitrogens with one attached hydrogen (secondary N) is 1. The van der Waals surface area contributed by atoms with Gasteiger partial charge in [-0.25, -0.2) is 0 Å². The number of hydrogen-bond acceptors (Lipinski definition) is 3. The van der Waals surface area contributed by atoms with E-state index in [2.05, 4.69) is 19.2 Å². The SMILES string of the molecule is CCCNC(COC)c1occc1C. The summed E-state index contributed by atoms with van der Waals surface area (Å²) >= 11 is 0. The molecule has 0 aliphatic rings. The van der Waals surface area contributed by atoms with E-state index in [0.29, 0.717) is 6.61 Å². The molecule has 3 heteroatoms. The third-order valence-electron chi connectivity index (χ3n) is 2.19. The average molecular weight is 197 g/mol. The van der Waals surface area contributed by atoms with Crippen molar-refractivity contribution in [3.8, 4) is 0 Å². The van der Waals surface area contributed by atoms with Crippen LogP contribution in [0.15, 0.2) is 16.7 Å². The fourth-order valence-electron chi connectivity index (χ4n) is 1.45. The summed E-state index contributed by atoms with van der Waals surface area (Å²) in [5.74, 6) is 0.986. The van der Waals surface area contributed by atoms with Gasteiger partial charge < -0.3 is 14.5 Å². The molecular weight excluding hydrogens is 178 g/mol. The van der Waals surface area contributed by atoms with Gasteiger partial charge >= 0.3 is 0 Å².